The van der Waals surface area contributed by atoms with Crippen LogP contribution in [-0.4, -0.2) is 23.9 Å². The van der Waals surface area contributed by atoms with E-state index in [0.717, 1.165) is 0 Å². The van der Waals surface area contributed by atoms with Gasteiger partial charge < -0.3 is 20.7 Å². The number of aliphatic hydroxyl groups excluding tert-OH is 1. The predicted octanol–water partition coefficient (Wildman–Crippen LogP) is 1.42. The van der Waals surface area contributed by atoms with Gasteiger partial charge in [0.2, 0.25) is 0 Å². The third-order valence-electron chi connectivity index (χ3n) is 2.82. The van der Waals surface area contributed by atoms with Gasteiger partial charge in [0.15, 0.2) is 0 Å². The van der Waals surface area contributed by atoms with Gasteiger partial charge in [0, 0.05) is 18.1 Å². The van der Waals surface area contributed by atoms with Crippen LogP contribution in [0.25, 0.3) is 0 Å². The van der Waals surface area contributed by atoms with E-state index in [9.17, 15) is 10.2 Å². The number of methoxy groups -OCH3 is 1. The topological polar surface area (TPSA) is 75.7 Å². The lowest BCUT2D eigenvalue weighted by Gasteiger charge is -2.31. The number of nitrogens with two attached hydrogens (primary N) is 1. The highest BCUT2D eigenvalue weighted by molar-refractivity contribution is 5.46. The van der Waals surface area contributed by atoms with Crippen LogP contribution in [-0.2, 0) is 0 Å². The van der Waals surface area contributed by atoms with Crippen molar-refractivity contribution in [2.45, 2.75) is 19.9 Å². The minimum Gasteiger partial charge on any atom is -0.507 e. The molecule has 0 spiro atoms. The summed E-state index contributed by atoms with van der Waals surface area (Å²) in [4.78, 5) is 0. The van der Waals surface area contributed by atoms with E-state index in [0.29, 0.717) is 11.3 Å². The van der Waals surface area contributed by atoms with Crippen LogP contribution in [0.5, 0.6) is 11.5 Å². The first-order valence-corrected chi connectivity index (χ1v) is 5.16. The summed E-state index contributed by atoms with van der Waals surface area (Å²) in [5, 5.41) is 19.1. The van der Waals surface area contributed by atoms with Crippen LogP contribution >= 0.6 is 0 Å². The fraction of sp³-hybridized carbons (Fsp3) is 0.500. The second-order valence-electron chi connectivity index (χ2n) is 4.52. The predicted molar refractivity (Wildman–Crippen MR) is 62.5 cm³/mol. The summed E-state index contributed by atoms with van der Waals surface area (Å²) in [6.45, 7) is 3.61. The van der Waals surface area contributed by atoms with Crippen LogP contribution in [0.4, 0.5) is 0 Å². The number of rotatable bonds is 4. The Bertz CT molecular complexity index is 363. The Morgan fingerprint density at radius 3 is 2.56 bits per heavy atom. The molecule has 0 heterocycles. The summed E-state index contributed by atoms with van der Waals surface area (Å²) in [6.07, 6.45) is 0. The van der Waals surface area contributed by atoms with Crippen LogP contribution < -0.4 is 10.5 Å². The number of hydrogen-bond donors (Lipinski definition) is 3. The molecule has 4 heteroatoms. The lowest BCUT2D eigenvalue weighted by atomic mass is 9.81. The van der Waals surface area contributed by atoms with Crippen LogP contribution in [0.1, 0.15) is 25.5 Å². The zero-order chi connectivity index (χ0) is 12.3. The number of phenolic OH excluding ortho intramolecular Hbond substituents is 1. The molecule has 4 nitrogen and oxygen atoms in total. The molecule has 0 aliphatic heterocycles. The maximum absolute atomic E-state index is 9.81. The van der Waals surface area contributed by atoms with E-state index in [4.69, 9.17) is 10.5 Å². The van der Waals surface area contributed by atoms with Crippen molar-refractivity contribution < 1.29 is 14.9 Å². The highest BCUT2D eigenvalue weighted by atomic mass is 16.5. The van der Waals surface area contributed by atoms with Gasteiger partial charge in [-0.1, -0.05) is 19.9 Å². The molecule has 0 aliphatic carbocycles. The molecular formula is C12H19NO3. The van der Waals surface area contributed by atoms with Crippen molar-refractivity contribution in [3.8, 4) is 11.5 Å². The van der Waals surface area contributed by atoms with Gasteiger partial charge in [-0.05, 0) is 12.1 Å². The van der Waals surface area contributed by atoms with Crippen molar-refractivity contribution in [3.63, 3.8) is 0 Å². The van der Waals surface area contributed by atoms with Gasteiger partial charge in [-0.2, -0.15) is 0 Å². The van der Waals surface area contributed by atoms with Crippen LogP contribution in [0, 0.1) is 5.41 Å². The molecule has 0 amide bonds. The molecule has 4 N–H and O–H groups in total. The van der Waals surface area contributed by atoms with E-state index in [1.807, 2.05) is 13.8 Å². The standard InChI is InChI=1S/C12H19NO3/c1-12(2,7-14)11(13)10-8(15)5-4-6-9(10)16-3/h4-6,11,14-15H,7,13H2,1-3H3/t11-/m0/s1. The van der Waals surface area contributed by atoms with Crippen molar-refractivity contribution in [1.29, 1.82) is 0 Å². The van der Waals surface area contributed by atoms with Crippen LogP contribution in [0.2, 0.25) is 0 Å². The average Bonchev–Trinajstić information content (AvgIpc) is 2.27. The first-order valence-electron chi connectivity index (χ1n) is 5.16. The lowest BCUT2D eigenvalue weighted by Crippen LogP contribution is -2.32. The number of benzene rings is 1. The Balaban J connectivity index is 3.21. The summed E-state index contributed by atoms with van der Waals surface area (Å²) in [6, 6.07) is 4.50. The molecule has 1 rings (SSSR count). The van der Waals surface area contributed by atoms with Gasteiger partial charge in [-0.25, -0.2) is 0 Å². The molecule has 1 aromatic carbocycles. The van der Waals surface area contributed by atoms with E-state index in [2.05, 4.69) is 0 Å². The summed E-state index contributed by atoms with van der Waals surface area (Å²) < 4.78 is 5.17. The summed E-state index contributed by atoms with van der Waals surface area (Å²) in [7, 11) is 1.52. The molecule has 0 saturated heterocycles. The summed E-state index contributed by atoms with van der Waals surface area (Å²) in [5.74, 6) is 0.627. The molecule has 0 aliphatic rings. The van der Waals surface area contributed by atoms with Crippen molar-refractivity contribution in [2.75, 3.05) is 13.7 Å². The Hall–Kier alpha value is -1.26. The normalized spacial score (nSPS) is 13.6. The highest BCUT2D eigenvalue weighted by Gasteiger charge is 2.31. The third-order valence-corrected chi connectivity index (χ3v) is 2.82. The second-order valence-corrected chi connectivity index (χ2v) is 4.52. The quantitative estimate of drug-likeness (QED) is 0.724. The minimum atomic E-state index is -0.522. The number of hydrogen-bond acceptors (Lipinski definition) is 4. The fourth-order valence-electron chi connectivity index (χ4n) is 1.51. The van der Waals surface area contributed by atoms with E-state index < -0.39 is 11.5 Å². The molecule has 90 valence electrons. The maximum Gasteiger partial charge on any atom is 0.127 e. The molecule has 1 atom stereocenters. The molecule has 0 bridgehead atoms. The summed E-state index contributed by atoms with van der Waals surface area (Å²) >= 11 is 0. The Morgan fingerprint density at radius 1 is 1.44 bits per heavy atom. The van der Waals surface area contributed by atoms with Crippen molar-refractivity contribution in [1.82, 2.24) is 0 Å². The molecule has 0 saturated carbocycles. The molecule has 0 fully saturated rings. The Labute approximate surface area is 95.7 Å². The molecule has 1 aromatic rings. The second kappa shape index (κ2) is 4.72. The Kier molecular flexibility index (Phi) is 3.78. The highest BCUT2D eigenvalue weighted by Crippen LogP contribution is 2.40. The van der Waals surface area contributed by atoms with Gasteiger partial charge in [-0.15, -0.1) is 0 Å². The monoisotopic (exact) mass is 225 g/mol. The van der Waals surface area contributed by atoms with Crippen molar-refractivity contribution >= 4 is 0 Å². The van der Waals surface area contributed by atoms with Crippen molar-refractivity contribution in [3.05, 3.63) is 23.8 Å². The van der Waals surface area contributed by atoms with Gasteiger partial charge in [-0.3, -0.25) is 0 Å². The van der Waals surface area contributed by atoms with E-state index in [1.54, 1.807) is 18.2 Å². The number of phenols is 1. The Morgan fingerprint density at radius 2 is 2.06 bits per heavy atom. The van der Waals surface area contributed by atoms with Gasteiger partial charge >= 0.3 is 0 Å². The average molecular weight is 225 g/mol. The SMILES string of the molecule is COc1cccc(O)c1[C@H](N)C(C)(C)CO. The summed E-state index contributed by atoms with van der Waals surface area (Å²) in [5.41, 5.74) is 6.07. The molecule has 0 radical (unpaired) electrons. The maximum atomic E-state index is 9.81. The first-order chi connectivity index (χ1) is 7.44. The van der Waals surface area contributed by atoms with Crippen LogP contribution in [0.15, 0.2) is 18.2 Å². The smallest absolute Gasteiger partial charge is 0.127 e. The minimum absolute atomic E-state index is 0.0638. The number of aliphatic hydroxyl groups is 1. The van der Waals surface area contributed by atoms with E-state index in [1.165, 1.54) is 7.11 Å². The number of ether oxygens (including phenoxy) is 1. The van der Waals surface area contributed by atoms with Crippen LogP contribution in [0.3, 0.4) is 0 Å². The molecular weight excluding hydrogens is 206 g/mol. The first kappa shape index (κ1) is 12.8. The zero-order valence-corrected chi connectivity index (χ0v) is 9.90. The fourth-order valence-corrected chi connectivity index (χ4v) is 1.51. The molecule has 0 unspecified atom stereocenters. The molecule has 16 heavy (non-hydrogen) atoms. The molecule has 0 aromatic heterocycles. The van der Waals surface area contributed by atoms with E-state index in [-0.39, 0.29) is 12.4 Å². The van der Waals surface area contributed by atoms with Gasteiger partial charge in [0.1, 0.15) is 11.5 Å². The lowest BCUT2D eigenvalue weighted by molar-refractivity contribution is 0.130. The third kappa shape index (κ3) is 2.28. The van der Waals surface area contributed by atoms with Crippen molar-refractivity contribution in [2.24, 2.45) is 11.1 Å². The zero-order valence-electron chi connectivity index (χ0n) is 9.90. The van der Waals surface area contributed by atoms with E-state index >= 15 is 0 Å². The van der Waals surface area contributed by atoms with Gasteiger partial charge in [0.25, 0.3) is 0 Å². The number of aromatic hydroxyl groups is 1. The van der Waals surface area contributed by atoms with Gasteiger partial charge in [0.05, 0.1) is 12.7 Å². The largest absolute Gasteiger partial charge is 0.507 e.